The van der Waals surface area contributed by atoms with E-state index in [0.717, 1.165) is 12.8 Å². The molecule has 0 aliphatic heterocycles. The average Bonchev–Trinajstić information content (AvgIpc) is 2.53. The molecule has 0 amide bonds. The van der Waals surface area contributed by atoms with Crippen molar-refractivity contribution in [2.45, 2.75) is 79.7 Å². The molecule has 1 aliphatic rings. The van der Waals surface area contributed by atoms with Crippen molar-refractivity contribution in [3.63, 3.8) is 0 Å². The van der Waals surface area contributed by atoms with Crippen LogP contribution in [0.2, 0.25) is 0 Å². The van der Waals surface area contributed by atoms with Crippen LogP contribution in [-0.2, 0) is 4.79 Å². The van der Waals surface area contributed by atoms with Crippen LogP contribution in [-0.4, -0.2) is 23.3 Å². The molecule has 0 saturated heterocycles. The molecular weight excluding hydrogens is 322 g/mol. The molecule has 0 aromatic rings. The Bertz CT molecular complexity index is 645. The Labute approximate surface area is 159 Å². The maximum Gasteiger partial charge on any atom is 0.328 e. The van der Waals surface area contributed by atoms with E-state index in [1.165, 1.54) is 41.6 Å². The third-order valence-corrected chi connectivity index (χ3v) is 5.09. The first-order valence-corrected chi connectivity index (χ1v) is 9.60. The summed E-state index contributed by atoms with van der Waals surface area (Å²) in [6.45, 7) is 12.7. The molecule has 0 radical (unpaired) electrons. The standard InChI is InChI=1S/C23H35NO2/c1-17(12-13-21-19(3)11-8-15-23(21,5)6)9-7-10-18(2)14-16-24-20(4)22(25)26/h9,12-14,16,20H,7-8,10-11,15H2,1-6H3,(H,25,26)/b13-12+,17-9+,18-14+,24-16-/t20-/m0/s1. The summed E-state index contributed by atoms with van der Waals surface area (Å²) in [6, 6.07) is -0.687. The fraction of sp³-hybridized carbons (Fsp3) is 0.565. The Morgan fingerprint density at radius 1 is 1.35 bits per heavy atom. The van der Waals surface area contributed by atoms with Crippen LogP contribution in [0.4, 0.5) is 0 Å². The lowest BCUT2D eigenvalue weighted by molar-refractivity contribution is -0.137. The van der Waals surface area contributed by atoms with Gasteiger partial charge in [-0.25, -0.2) is 4.79 Å². The molecule has 144 valence electrons. The maximum atomic E-state index is 10.7. The van der Waals surface area contributed by atoms with E-state index in [1.54, 1.807) is 13.1 Å². The molecular formula is C23H35NO2. The summed E-state index contributed by atoms with van der Waals surface area (Å²) in [7, 11) is 0. The van der Waals surface area contributed by atoms with Gasteiger partial charge in [0.1, 0.15) is 6.04 Å². The second-order valence-electron chi connectivity index (χ2n) is 8.08. The Balaban J connectivity index is 2.57. The van der Waals surface area contributed by atoms with Gasteiger partial charge < -0.3 is 5.11 Å². The number of hydrogen-bond acceptors (Lipinski definition) is 2. The molecule has 1 rings (SSSR count). The second-order valence-corrected chi connectivity index (χ2v) is 8.08. The molecule has 1 N–H and O–H groups in total. The van der Waals surface area contributed by atoms with Gasteiger partial charge in [0.05, 0.1) is 0 Å². The van der Waals surface area contributed by atoms with E-state index in [4.69, 9.17) is 5.11 Å². The van der Waals surface area contributed by atoms with Crippen molar-refractivity contribution in [2.75, 3.05) is 0 Å². The van der Waals surface area contributed by atoms with Crippen molar-refractivity contribution < 1.29 is 9.90 Å². The molecule has 0 spiro atoms. The molecule has 1 aliphatic carbocycles. The minimum absolute atomic E-state index is 0.283. The van der Waals surface area contributed by atoms with Gasteiger partial charge in [-0.2, -0.15) is 0 Å². The molecule has 0 fully saturated rings. The third-order valence-electron chi connectivity index (χ3n) is 5.09. The van der Waals surface area contributed by atoms with Crippen molar-refractivity contribution in [2.24, 2.45) is 10.4 Å². The fourth-order valence-corrected chi connectivity index (χ4v) is 3.27. The molecule has 0 aromatic heterocycles. The lowest BCUT2D eigenvalue weighted by Gasteiger charge is -2.32. The predicted octanol–water partition coefficient (Wildman–Crippen LogP) is 6.29. The van der Waals surface area contributed by atoms with E-state index in [9.17, 15) is 4.79 Å². The zero-order valence-electron chi connectivity index (χ0n) is 17.3. The minimum Gasteiger partial charge on any atom is -0.480 e. The quantitative estimate of drug-likeness (QED) is 0.410. The number of aliphatic carboxylic acids is 1. The zero-order chi connectivity index (χ0) is 19.7. The Morgan fingerprint density at radius 3 is 2.65 bits per heavy atom. The highest BCUT2D eigenvalue weighted by atomic mass is 16.4. The summed E-state index contributed by atoms with van der Waals surface area (Å²) in [6.07, 6.45) is 16.0. The molecule has 26 heavy (non-hydrogen) atoms. The van der Waals surface area contributed by atoms with E-state index >= 15 is 0 Å². The number of nitrogens with zero attached hydrogens (tertiary/aromatic N) is 1. The smallest absolute Gasteiger partial charge is 0.328 e. The first kappa shape index (κ1) is 22.1. The Hall–Kier alpha value is -1.90. The summed E-state index contributed by atoms with van der Waals surface area (Å²) < 4.78 is 0. The van der Waals surface area contributed by atoms with Crippen LogP contribution < -0.4 is 0 Å². The van der Waals surface area contributed by atoms with Crippen molar-refractivity contribution in [1.29, 1.82) is 0 Å². The number of carboxylic acids is 1. The van der Waals surface area contributed by atoms with Crippen LogP contribution in [0.15, 0.2) is 51.6 Å². The molecule has 0 aromatic carbocycles. The molecule has 3 heteroatoms. The second kappa shape index (κ2) is 10.3. The summed E-state index contributed by atoms with van der Waals surface area (Å²) >= 11 is 0. The zero-order valence-corrected chi connectivity index (χ0v) is 17.3. The van der Waals surface area contributed by atoms with Crippen LogP contribution in [0.1, 0.15) is 73.6 Å². The molecule has 0 saturated carbocycles. The lowest BCUT2D eigenvalue weighted by atomic mass is 9.72. The third kappa shape index (κ3) is 7.55. The maximum absolute atomic E-state index is 10.7. The van der Waals surface area contributed by atoms with E-state index in [-0.39, 0.29) is 5.41 Å². The van der Waals surface area contributed by atoms with Gasteiger partial charge in [-0.15, -0.1) is 0 Å². The van der Waals surface area contributed by atoms with Crippen molar-refractivity contribution in [3.8, 4) is 0 Å². The van der Waals surface area contributed by atoms with E-state index < -0.39 is 12.0 Å². The first-order chi connectivity index (χ1) is 12.1. The van der Waals surface area contributed by atoms with Gasteiger partial charge in [0.25, 0.3) is 0 Å². The number of aliphatic imine (C=N–C) groups is 1. The molecule has 0 heterocycles. The van der Waals surface area contributed by atoms with Gasteiger partial charge >= 0.3 is 5.97 Å². The molecule has 0 unspecified atom stereocenters. The van der Waals surface area contributed by atoms with Gasteiger partial charge in [0.15, 0.2) is 0 Å². The normalized spacial score (nSPS) is 20.2. The SMILES string of the molecule is CC1=C(/C=C/C(C)=C/CC/C(C)=C/C=N\[C@@H](C)C(=O)O)C(C)(C)CCC1. The molecule has 1 atom stereocenters. The van der Waals surface area contributed by atoms with Gasteiger partial charge in [-0.3, -0.25) is 4.99 Å². The predicted molar refractivity (Wildman–Crippen MR) is 112 cm³/mol. The fourth-order valence-electron chi connectivity index (χ4n) is 3.27. The van der Waals surface area contributed by atoms with Crippen LogP contribution >= 0.6 is 0 Å². The summed E-state index contributed by atoms with van der Waals surface area (Å²) in [5, 5.41) is 8.79. The number of allylic oxidation sites excluding steroid dienone is 8. The lowest BCUT2D eigenvalue weighted by Crippen LogP contribution is -2.19. The number of carboxylic acid groups (broad SMARTS) is 1. The Kier molecular flexibility index (Phi) is 8.77. The van der Waals surface area contributed by atoms with Crippen LogP contribution in [0, 0.1) is 5.41 Å². The summed E-state index contributed by atoms with van der Waals surface area (Å²) in [4.78, 5) is 14.7. The highest BCUT2D eigenvalue weighted by Crippen LogP contribution is 2.40. The van der Waals surface area contributed by atoms with Crippen molar-refractivity contribution in [3.05, 3.63) is 46.6 Å². The average molecular weight is 358 g/mol. The number of rotatable bonds is 8. The van der Waals surface area contributed by atoms with E-state index in [1.807, 2.05) is 6.08 Å². The van der Waals surface area contributed by atoms with E-state index in [2.05, 4.69) is 57.8 Å². The van der Waals surface area contributed by atoms with Gasteiger partial charge in [0.2, 0.25) is 0 Å². The van der Waals surface area contributed by atoms with E-state index in [0.29, 0.717) is 0 Å². The summed E-state index contributed by atoms with van der Waals surface area (Å²) in [5.41, 5.74) is 5.79. The van der Waals surface area contributed by atoms with Crippen molar-refractivity contribution in [1.82, 2.24) is 0 Å². The first-order valence-electron chi connectivity index (χ1n) is 9.60. The van der Waals surface area contributed by atoms with Crippen LogP contribution in [0.5, 0.6) is 0 Å². The molecule has 3 nitrogen and oxygen atoms in total. The minimum atomic E-state index is -0.899. The summed E-state index contributed by atoms with van der Waals surface area (Å²) in [5.74, 6) is -0.899. The Morgan fingerprint density at radius 2 is 2.04 bits per heavy atom. The highest BCUT2D eigenvalue weighted by molar-refractivity contribution is 5.79. The van der Waals surface area contributed by atoms with Crippen molar-refractivity contribution >= 4 is 12.2 Å². The number of carbonyl (C=O) groups is 1. The highest BCUT2D eigenvalue weighted by Gasteiger charge is 2.26. The van der Waals surface area contributed by atoms with Gasteiger partial charge in [-0.05, 0) is 76.9 Å². The monoisotopic (exact) mass is 357 g/mol. The van der Waals surface area contributed by atoms with Gasteiger partial charge in [0, 0.05) is 6.21 Å². The van der Waals surface area contributed by atoms with Crippen LogP contribution in [0.25, 0.3) is 0 Å². The topological polar surface area (TPSA) is 49.7 Å². The number of hydrogen-bond donors (Lipinski definition) is 1. The largest absolute Gasteiger partial charge is 0.480 e. The van der Waals surface area contributed by atoms with Crippen LogP contribution in [0.3, 0.4) is 0 Å². The van der Waals surface area contributed by atoms with Gasteiger partial charge in [-0.1, -0.05) is 48.8 Å². The molecule has 0 bridgehead atoms.